The molecule has 2 amide bonds. The number of aromatic nitrogens is 1. The van der Waals surface area contributed by atoms with E-state index in [9.17, 15) is 24.1 Å². The van der Waals surface area contributed by atoms with E-state index in [1.54, 1.807) is 40.3 Å². The van der Waals surface area contributed by atoms with Crippen LogP contribution in [0.4, 0.5) is 15.8 Å². The van der Waals surface area contributed by atoms with Gasteiger partial charge in [0.2, 0.25) is 5.91 Å². The van der Waals surface area contributed by atoms with Crippen LogP contribution in [0.1, 0.15) is 34.6 Å². The highest BCUT2D eigenvalue weighted by atomic mass is 19.1. The molecule has 1 aromatic heterocycles. The van der Waals surface area contributed by atoms with E-state index >= 15 is 0 Å². The van der Waals surface area contributed by atoms with Crippen LogP contribution >= 0.6 is 0 Å². The van der Waals surface area contributed by atoms with Gasteiger partial charge in [-0.2, -0.15) is 0 Å². The molecule has 4 rings (SSSR count). The smallest absolute Gasteiger partial charge is 0.293 e. The minimum Gasteiger partial charge on any atom is -0.371 e. The van der Waals surface area contributed by atoms with Crippen LogP contribution in [0.25, 0.3) is 0 Å². The van der Waals surface area contributed by atoms with Gasteiger partial charge in [-0.3, -0.25) is 24.7 Å². The Morgan fingerprint density at radius 3 is 2.39 bits per heavy atom. The second-order valence-electron chi connectivity index (χ2n) is 8.59. The number of nitrogens with one attached hydrogen (secondary N) is 1. The van der Waals surface area contributed by atoms with Crippen molar-refractivity contribution < 1.29 is 18.9 Å². The molecule has 1 saturated heterocycles. The van der Waals surface area contributed by atoms with Crippen molar-refractivity contribution in [2.24, 2.45) is 0 Å². The lowest BCUT2D eigenvalue weighted by Gasteiger charge is -2.35. The average Bonchev–Trinajstić information content (AvgIpc) is 2.90. The van der Waals surface area contributed by atoms with E-state index < -0.39 is 4.92 Å². The van der Waals surface area contributed by atoms with Crippen molar-refractivity contribution >= 4 is 23.2 Å². The van der Waals surface area contributed by atoms with Crippen LogP contribution in [-0.2, 0) is 11.2 Å². The molecular formula is C26H26FN5O4. The first-order valence-electron chi connectivity index (χ1n) is 11.6. The van der Waals surface area contributed by atoms with E-state index in [0.717, 1.165) is 11.3 Å². The van der Waals surface area contributed by atoms with Crippen molar-refractivity contribution in [3.05, 3.63) is 99.6 Å². The Morgan fingerprint density at radius 1 is 1.06 bits per heavy atom. The molecule has 0 aliphatic carbocycles. The lowest BCUT2D eigenvalue weighted by Crippen LogP contribution is -2.51. The lowest BCUT2D eigenvalue weighted by molar-refractivity contribution is -0.384. The molecule has 10 heteroatoms. The quantitative estimate of drug-likeness (QED) is 0.398. The fraction of sp³-hybridized carbons (Fsp3) is 0.269. The van der Waals surface area contributed by atoms with Crippen LogP contribution in [0.2, 0.25) is 0 Å². The average molecular weight is 492 g/mol. The highest BCUT2D eigenvalue weighted by molar-refractivity contribution is 5.96. The van der Waals surface area contributed by atoms with Gasteiger partial charge in [0.15, 0.2) is 0 Å². The molecule has 0 radical (unpaired) electrons. The van der Waals surface area contributed by atoms with Gasteiger partial charge in [0.05, 0.1) is 23.1 Å². The van der Waals surface area contributed by atoms with Crippen LogP contribution in [0.3, 0.4) is 0 Å². The summed E-state index contributed by atoms with van der Waals surface area (Å²) in [5, 5.41) is 14.8. The lowest BCUT2D eigenvalue weighted by atomic mass is 10.1. The molecule has 9 nitrogen and oxygen atoms in total. The molecule has 3 aromatic rings. The fourth-order valence-corrected chi connectivity index (χ4v) is 4.11. The number of hydrogen-bond acceptors (Lipinski definition) is 6. The van der Waals surface area contributed by atoms with E-state index in [-0.39, 0.29) is 41.3 Å². The zero-order chi connectivity index (χ0) is 25.7. The first-order valence-corrected chi connectivity index (χ1v) is 11.6. The molecular weight excluding hydrogens is 465 g/mol. The van der Waals surface area contributed by atoms with Crippen LogP contribution in [-0.4, -0.2) is 57.7 Å². The fourth-order valence-electron chi connectivity index (χ4n) is 4.11. The summed E-state index contributed by atoms with van der Waals surface area (Å²) in [6.45, 7) is 3.20. The summed E-state index contributed by atoms with van der Waals surface area (Å²) in [7, 11) is 0. The first kappa shape index (κ1) is 24.8. The van der Waals surface area contributed by atoms with Gasteiger partial charge in [-0.1, -0.05) is 18.2 Å². The van der Waals surface area contributed by atoms with Gasteiger partial charge >= 0.3 is 0 Å². The Morgan fingerprint density at radius 2 is 1.75 bits per heavy atom. The number of nitro benzene ring substituents is 1. The number of anilines is 1. The van der Waals surface area contributed by atoms with Crippen molar-refractivity contribution in [1.29, 1.82) is 0 Å². The Labute approximate surface area is 207 Å². The Hall–Kier alpha value is -4.34. The van der Waals surface area contributed by atoms with Crippen molar-refractivity contribution in [1.82, 2.24) is 14.8 Å². The minimum absolute atomic E-state index is 0.0956. The van der Waals surface area contributed by atoms with Crippen molar-refractivity contribution in [3.63, 3.8) is 0 Å². The number of nitrogens with zero attached hydrogens (tertiary/aromatic N) is 4. The monoisotopic (exact) mass is 491 g/mol. The number of carbonyl (C=O) groups excluding carboxylic acids is 2. The molecule has 1 aliphatic rings. The third-order valence-electron chi connectivity index (χ3n) is 6.13. The van der Waals surface area contributed by atoms with Gasteiger partial charge < -0.3 is 15.1 Å². The van der Waals surface area contributed by atoms with Crippen LogP contribution in [0.5, 0.6) is 0 Å². The van der Waals surface area contributed by atoms with Gasteiger partial charge in [-0.25, -0.2) is 4.39 Å². The van der Waals surface area contributed by atoms with E-state index in [4.69, 9.17) is 0 Å². The van der Waals surface area contributed by atoms with E-state index in [2.05, 4.69) is 10.3 Å². The van der Waals surface area contributed by atoms with Crippen LogP contribution < -0.4 is 5.32 Å². The van der Waals surface area contributed by atoms with Crippen molar-refractivity contribution in [3.8, 4) is 0 Å². The molecule has 186 valence electrons. The van der Waals surface area contributed by atoms with Crippen molar-refractivity contribution in [2.45, 2.75) is 19.4 Å². The van der Waals surface area contributed by atoms with Crippen LogP contribution in [0, 0.1) is 15.9 Å². The van der Waals surface area contributed by atoms with E-state index in [0.29, 0.717) is 31.9 Å². The maximum Gasteiger partial charge on any atom is 0.293 e. The van der Waals surface area contributed by atoms with Gasteiger partial charge in [-0.05, 0) is 48.9 Å². The van der Waals surface area contributed by atoms with Gasteiger partial charge in [-0.15, -0.1) is 0 Å². The van der Waals surface area contributed by atoms with Gasteiger partial charge in [0, 0.05) is 44.0 Å². The summed E-state index contributed by atoms with van der Waals surface area (Å²) >= 11 is 0. The molecule has 0 saturated carbocycles. The summed E-state index contributed by atoms with van der Waals surface area (Å²) < 4.78 is 13.1. The van der Waals surface area contributed by atoms with Crippen LogP contribution in [0.15, 0.2) is 66.9 Å². The predicted molar refractivity (Wildman–Crippen MR) is 132 cm³/mol. The number of piperazine rings is 1. The third-order valence-corrected chi connectivity index (χ3v) is 6.13. The molecule has 2 heterocycles. The number of benzene rings is 2. The summed E-state index contributed by atoms with van der Waals surface area (Å²) in [6.07, 6.45) is 1.81. The molecule has 36 heavy (non-hydrogen) atoms. The Balaban J connectivity index is 1.39. The molecule has 1 aliphatic heterocycles. The molecule has 0 bridgehead atoms. The number of rotatable bonds is 7. The second kappa shape index (κ2) is 10.9. The van der Waals surface area contributed by atoms with E-state index in [1.807, 2.05) is 19.1 Å². The number of carbonyl (C=O) groups is 2. The normalized spacial score (nSPS) is 14.3. The minimum atomic E-state index is -0.518. The molecule has 1 fully saturated rings. The Kier molecular flexibility index (Phi) is 7.53. The number of amides is 2. The first-order chi connectivity index (χ1) is 17.3. The number of hydrogen-bond donors (Lipinski definition) is 1. The van der Waals surface area contributed by atoms with Gasteiger partial charge in [0.25, 0.3) is 11.6 Å². The number of halogens is 1. The SMILES string of the molecule is CC(Nc1ccc(C(=O)N2CCN(C(=O)Cc3ccc(F)cc3)CC2)cc1[N+](=O)[O-])c1ccccn1. The second-order valence-corrected chi connectivity index (χ2v) is 8.59. The summed E-state index contributed by atoms with van der Waals surface area (Å²) in [4.78, 5) is 44.4. The highest BCUT2D eigenvalue weighted by Crippen LogP contribution is 2.29. The zero-order valence-electron chi connectivity index (χ0n) is 19.8. The summed E-state index contributed by atoms with van der Waals surface area (Å²) in [5.74, 6) is -0.778. The van der Waals surface area contributed by atoms with E-state index in [1.165, 1.54) is 24.3 Å². The maximum absolute atomic E-state index is 13.1. The number of pyridine rings is 1. The molecule has 1 N–H and O–H groups in total. The number of nitro groups is 1. The summed E-state index contributed by atoms with van der Waals surface area (Å²) in [5.41, 5.74) is 1.77. The standard InChI is InChI=1S/C26H26FN5O4/c1-18(22-4-2-3-11-28-22)29-23-10-7-20(17-24(23)32(35)36)26(34)31-14-12-30(13-15-31)25(33)16-19-5-8-21(27)9-6-19/h2-11,17-18,29H,12-16H2,1H3. The highest BCUT2D eigenvalue weighted by Gasteiger charge is 2.27. The predicted octanol–water partition coefficient (Wildman–Crippen LogP) is 3.83. The topological polar surface area (TPSA) is 109 Å². The largest absolute Gasteiger partial charge is 0.371 e. The summed E-state index contributed by atoms with van der Waals surface area (Å²) in [6, 6.07) is 15.4. The molecule has 1 unspecified atom stereocenters. The Bertz CT molecular complexity index is 1240. The van der Waals surface area contributed by atoms with Gasteiger partial charge in [0.1, 0.15) is 11.5 Å². The van der Waals surface area contributed by atoms with Crippen molar-refractivity contribution in [2.75, 3.05) is 31.5 Å². The zero-order valence-corrected chi connectivity index (χ0v) is 19.8. The maximum atomic E-state index is 13.1. The molecule has 2 aromatic carbocycles. The molecule has 0 spiro atoms. The third kappa shape index (κ3) is 5.83. The molecule has 1 atom stereocenters.